The van der Waals surface area contributed by atoms with Crippen LogP contribution < -0.4 is 0 Å². The van der Waals surface area contributed by atoms with Crippen LogP contribution in [0.4, 0.5) is 4.39 Å². The first-order chi connectivity index (χ1) is 8.04. The van der Waals surface area contributed by atoms with Gasteiger partial charge in [-0.2, -0.15) is 0 Å². The molecule has 2 nitrogen and oxygen atoms in total. The van der Waals surface area contributed by atoms with Crippen LogP contribution >= 0.6 is 0 Å². The van der Waals surface area contributed by atoms with Crippen molar-refractivity contribution in [3.8, 4) is 0 Å². The molecule has 0 bridgehead atoms. The summed E-state index contributed by atoms with van der Waals surface area (Å²) in [7, 11) is 2.01. The van der Waals surface area contributed by atoms with Crippen molar-refractivity contribution in [3.05, 3.63) is 25.1 Å². The van der Waals surface area contributed by atoms with Gasteiger partial charge in [-0.3, -0.25) is 9.38 Å². The third-order valence-electron chi connectivity index (χ3n) is 3.01. The van der Waals surface area contributed by atoms with Crippen molar-refractivity contribution in [2.75, 3.05) is 13.7 Å². The van der Waals surface area contributed by atoms with Crippen molar-refractivity contribution in [1.29, 1.82) is 0 Å². The minimum atomic E-state index is -0.227. The minimum Gasteiger partial charge on any atom is -0.378 e. The number of rotatable bonds is 8. The lowest BCUT2D eigenvalue weighted by Crippen LogP contribution is -2.27. The highest BCUT2D eigenvalue weighted by molar-refractivity contribution is 5.93. The summed E-state index contributed by atoms with van der Waals surface area (Å²) in [6, 6.07) is 0.337. The standard InChI is InChI=1S/C14H25FN2/c1-6-14(11-15)10-13(4)17(5)9-8-12(3)16-7-2/h7-9,13-14H,2,6,10-11H2,1,3-5H3/b9-8-,16-12?/t13-,14-/m0/s1. The van der Waals surface area contributed by atoms with Crippen molar-refractivity contribution >= 4 is 5.71 Å². The van der Waals surface area contributed by atoms with Crippen LogP contribution in [0.2, 0.25) is 0 Å². The Labute approximate surface area is 105 Å². The molecule has 0 N–H and O–H groups in total. The third-order valence-corrected chi connectivity index (χ3v) is 3.01. The molecule has 0 fully saturated rings. The second-order valence-corrected chi connectivity index (χ2v) is 4.45. The molecule has 0 aromatic carbocycles. The van der Waals surface area contributed by atoms with E-state index in [0.29, 0.717) is 6.04 Å². The van der Waals surface area contributed by atoms with E-state index in [4.69, 9.17) is 0 Å². The lowest BCUT2D eigenvalue weighted by molar-refractivity contribution is 0.250. The summed E-state index contributed by atoms with van der Waals surface area (Å²) in [6.45, 7) is 9.39. The molecule has 98 valence electrons. The average molecular weight is 240 g/mol. The van der Waals surface area contributed by atoms with Gasteiger partial charge in [-0.25, -0.2) is 0 Å². The Morgan fingerprint density at radius 3 is 2.65 bits per heavy atom. The molecule has 0 amide bonds. The van der Waals surface area contributed by atoms with Gasteiger partial charge in [0, 0.05) is 31.2 Å². The predicted octanol–water partition coefficient (Wildman–Crippen LogP) is 3.81. The smallest absolute Gasteiger partial charge is 0.0923 e. The first-order valence-electron chi connectivity index (χ1n) is 6.16. The summed E-state index contributed by atoms with van der Waals surface area (Å²) < 4.78 is 12.6. The third kappa shape index (κ3) is 6.93. The maximum Gasteiger partial charge on any atom is 0.0923 e. The quantitative estimate of drug-likeness (QED) is 0.589. The van der Waals surface area contributed by atoms with E-state index in [1.54, 1.807) is 0 Å². The highest BCUT2D eigenvalue weighted by Gasteiger charge is 2.13. The number of hydrogen-bond donors (Lipinski definition) is 0. The zero-order valence-corrected chi connectivity index (χ0v) is 11.5. The molecule has 0 aromatic rings. The zero-order valence-electron chi connectivity index (χ0n) is 11.5. The van der Waals surface area contributed by atoms with Crippen LogP contribution in [-0.2, 0) is 0 Å². The fourth-order valence-electron chi connectivity index (χ4n) is 1.55. The first kappa shape index (κ1) is 15.9. The first-order valence-corrected chi connectivity index (χ1v) is 6.16. The number of nitrogens with zero attached hydrogens (tertiary/aromatic N) is 2. The lowest BCUT2D eigenvalue weighted by Gasteiger charge is -2.25. The van der Waals surface area contributed by atoms with Crippen molar-refractivity contribution < 1.29 is 4.39 Å². The van der Waals surface area contributed by atoms with Crippen molar-refractivity contribution in [1.82, 2.24) is 4.90 Å². The second kappa shape index (κ2) is 8.97. The van der Waals surface area contributed by atoms with Gasteiger partial charge in [-0.15, -0.1) is 0 Å². The van der Waals surface area contributed by atoms with E-state index in [9.17, 15) is 4.39 Å². The summed E-state index contributed by atoms with van der Waals surface area (Å²) in [5, 5.41) is 0. The van der Waals surface area contributed by atoms with Gasteiger partial charge in [0.15, 0.2) is 0 Å². The molecule has 17 heavy (non-hydrogen) atoms. The SMILES string of the molecule is C=CN=C(C)/C=C\N(C)[C@@H](C)C[C@H](CC)CF. The fraction of sp³-hybridized carbons (Fsp3) is 0.643. The van der Waals surface area contributed by atoms with E-state index in [0.717, 1.165) is 18.6 Å². The molecule has 0 heterocycles. The number of allylic oxidation sites excluding steroid dienone is 1. The Morgan fingerprint density at radius 1 is 1.53 bits per heavy atom. The van der Waals surface area contributed by atoms with E-state index >= 15 is 0 Å². The highest BCUT2D eigenvalue weighted by Crippen LogP contribution is 2.15. The number of hydrogen-bond acceptors (Lipinski definition) is 2. The van der Waals surface area contributed by atoms with E-state index in [1.165, 1.54) is 6.20 Å². The molecular formula is C14H25FN2. The molecule has 0 saturated carbocycles. The average Bonchev–Trinajstić information content (AvgIpc) is 2.32. The number of aliphatic imine (C=N–C) groups is 1. The Kier molecular flexibility index (Phi) is 8.38. The Balaban J connectivity index is 4.25. The van der Waals surface area contributed by atoms with E-state index in [1.807, 2.05) is 33.2 Å². The van der Waals surface area contributed by atoms with Crippen molar-refractivity contribution in [3.63, 3.8) is 0 Å². The summed E-state index contributed by atoms with van der Waals surface area (Å²) in [5.41, 5.74) is 0.914. The molecule has 0 unspecified atom stereocenters. The fourth-order valence-corrected chi connectivity index (χ4v) is 1.55. The van der Waals surface area contributed by atoms with Gasteiger partial charge >= 0.3 is 0 Å². The van der Waals surface area contributed by atoms with Crippen LogP contribution in [0, 0.1) is 5.92 Å². The van der Waals surface area contributed by atoms with Gasteiger partial charge < -0.3 is 4.90 Å². The monoisotopic (exact) mass is 240 g/mol. The minimum absolute atomic E-state index is 0.170. The maximum absolute atomic E-state index is 12.6. The van der Waals surface area contributed by atoms with Gasteiger partial charge in [0.05, 0.1) is 6.67 Å². The lowest BCUT2D eigenvalue weighted by atomic mass is 9.99. The van der Waals surface area contributed by atoms with Crippen LogP contribution in [0.25, 0.3) is 0 Å². The van der Waals surface area contributed by atoms with E-state index in [-0.39, 0.29) is 12.6 Å². The molecule has 0 saturated heterocycles. The Morgan fingerprint density at radius 2 is 2.18 bits per heavy atom. The molecule has 0 radical (unpaired) electrons. The Hall–Kier alpha value is -1.12. The molecule has 0 spiro atoms. The van der Waals surface area contributed by atoms with Gasteiger partial charge in [-0.05, 0) is 32.3 Å². The van der Waals surface area contributed by atoms with Gasteiger partial charge in [0.25, 0.3) is 0 Å². The largest absolute Gasteiger partial charge is 0.378 e. The topological polar surface area (TPSA) is 15.6 Å². The molecule has 0 aromatic heterocycles. The van der Waals surface area contributed by atoms with Crippen LogP contribution in [0.15, 0.2) is 30.0 Å². The zero-order chi connectivity index (χ0) is 13.3. The molecule has 3 heteroatoms. The molecule has 0 rings (SSSR count). The summed E-state index contributed by atoms with van der Waals surface area (Å²) in [5.74, 6) is 0.170. The second-order valence-electron chi connectivity index (χ2n) is 4.45. The predicted molar refractivity (Wildman–Crippen MR) is 74.0 cm³/mol. The highest BCUT2D eigenvalue weighted by atomic mass is 19.1. The van der Waals surface area contributed by atoms with Crippen LogP contribution in [-0.4, -0.2) is 30.4 Å². The summed E-state index contributed by atoms with van der Waals surface area (Å²) in [4.78, 5) is 6.15. The van der Waals surface area contributed by atoms with Crippen LogP contribution in [0.3, 0.4) is 0 Å². The van der Waals surface area contributed by atoms with Crippen LogP contribution in [0.1, 0.15) is 33.6 Å². The van der Waals surface area contributed by atoms with Crippen molar-refractivity contribution in [2.24, 2.45) is 10.9 Å². The van der Waals surface area contributed by atoms with Crippen molar-refractivity contribution in [2.45, 2.75) is 39.7 Å². The van der Waals surface area contributed by atoms with E-state index in [2.05, 4.69) is 23.4 Å². The normalized spacial score (nSPS) is 15.9. The number of alkyl halides is 1. The Bertz CT molecular complexity index is 267. The number of halogens is 1. The van der Waals surface area contributed by atoms with Gasteiger partial charge in [0.2, 0.25) is 0 Å². The summed E-state index contributed by atoms with van der Waals surface area (Å²) in [6.07, 6.45) is 7.23. The molecule has 2 atom stereocenters. The molecule has 0 aliphatic carbocycles. The maximum atomic E-state index is 12.6. The molecule has 0 aliphatic heterocycles. The van der Waals surface area contributed by atoms with Gasteiger partial charge in [-0.1, -0.05) is 19.9 Å². The molecule has 0 aliphatic rings. The van der Waals surface area contributed by atoms with E-state index < -0.39 is 0 Å². The van der Waals surface area contributed by atoms with Gasteiger partial charge in [0.1, 0.15) is 0 Å². The summed E-state index contributed by atoms with van der Waals surface area (Å²) >= 11 is 0. The van der Waals surface area contributed by atoms with Crippen LogP contribution in [0.5, 0.6) is 0 Å². The molecular weight excluding hydrogens is 215 g/mol.